The van der Waals surface area contributed by atoms with Gasteiger partial charge in [-0.3, -0.25) is 4.79 Å². The molecule has 0 aliphatic carbocycles. The Labute approximate surface area is 122 Å². The van der Waals surface area contributed by atoms with E-state index in [4.69, 9.17) is 5.11 Å². The van der Waals surface area contributed by atoms with Gasteiger partial charge in [0.25, 0.3) is 0 Å². The number of aromatic carboxylic acids is 1. The van der Waals surface area contributed by atoms with Crippen molar-refractivity contribution in [2.75, 3.05) is 0 Å². The molecule has 102 valence electrons. The van der Waals surface area contributed by atoms with Crippen LogP contribution in [0, 0.1) is 11.8 Å². The number of carboxylic acids is 1. The van der Waals surface area contributed by atoms with Gasteiger partial charge in [0.15, 0.2) is 0 Å². The van der Waals surface area contributed by atoms with E-state index in [1.54, 1.807) is 30.3 Å². The highest BCUT2D eigenvalue weighted by molar-refractivity contribution is 5.87. The number of carbonyl (C=O) groups excluding carboxylic acids is 1. The lowest BCUT2D eigenvalue weighted by atomic mass is 10.1. The Morgan fingerprint density at radius 3 is 2.14 bits per heavy atom. The first-order valence-electron chi connectivity index (χ1n) is 6.26. The third-order valence-corrected chi connectivity index (χ3v) is 2.78. The summed E-state index contributed by atoms with van der Waals surface area (Å²) in [5.41, 5.74) is 2.58. The number of allylic oxidation sites excluding steroid dienone is 1. The minimum Gasteiger partial charge on any atom is -0.478 e. The van der Waals surface area contributed by atoms with Gasteiger partial charge in [-0.05, 0) is 42.0 Å². The highest BCUT2D eigenvalue weighted by Gasteiger charge is 1.99. The predicted octanol–water partition coefficient (Wildman–Crippen LogP) is 3.26. The van der Waals surface area contributed by atoms with Crippen molar-refractivity contribution in [1.29, 1.82) is 0 Å². The van der Waals surface area contributed by atoms with Crippen LogP contribution in [0.2, 0.25) is 0 Å². The average molecular weight is 276 g/mol. The number of benzene rings is 2. The zero-order chi connectivity index (χ0) is 15.1. The van der Waals surface area contributed by atoms with Crippen LogP contribution >= 0.6 is 0 Å². The summed E-state index contributed by atoms with van der Waals surface area (Å²) in [5, 5.41) is 8.78. The summed E-state index contributed by atoms with van der Waals surface area (Å²) in [7, 11) is 0. The Morgan fingerprint density at radius 2 is 1.57 bits per heavy atom. The molecular weight excluding hydrogens is 264 g/mol. The van der Waals surface area contributed by atoms with E-state index in [9.17, 15) is 9.59 Å². The van der Waals surface area contributed by atoms with Gasteiger partial charge in [-0.25, -0.2) is 4.79 Å². The quantitative estimate of drug-likeness (QED) is 0.691. The van der Waals surface area contributed by atoms with Crippen LogP contribution in [0.3, 0.4) is 0 Å². The molecule has 21 heavy (non-hydrogen) atoms. The monoisotopic (exact) mass is 276 g/mol. The van der Waals surface area contributed by atoms with Crippen molar-refractivity contribution < 1.29 is 14.7 Å². The van der Waals surface area contributed by atoms with Gasteiger partial charge in [-0.2, -0.15) is 0 Å². The van der Waals surface area contributed by atoms with Crippen molar-refractivity contribution in [2.24, 2.45) is 0 Å². The molecule has 2 aromatic carbocycles. The van der Waals surface area contributed by atoms with E-state index in [0.717, 1.165) is 17.4 Å². The number of rotatable bonds is 3. The number of hydrogen-bond donors (Lipinski definition) is 1. The minimum atomic E-state index is -0.951. The van der Waals surface area contributed by atoms with E-state index in [2.05, 4.69) is 11.8 Å². The zero-order valence-corrected chi connectivity index (χ0v) is 11.1. The molecule has 0 fully saturated rings. The van der Waals surface area contributed by atoms with Gasteiger partial charge in [0.1, 0.15) is 6.29 Å². The van der Waals surface area contributed by atoms with E-state index in [1.165, 1.54) is 12.1 Å². The van der Waals surface area contributed by atoms with Crippen LogP contribution in [0.15, 0.2) is 54.6 Å². The van der Waals surface area contributed by atoms with Crippen LogP contribution in [0.4, 0.5) is 0 Å². The van der Waals surface area contributed by atoms with E-state index < -0.39 is 5.97 Å². The Bertz CT molecular complexity index is 727. The second-order valence-corrected chi connectivity index (χ2v) is 4.27. The number of aldehydes is 1. The van der Waals surface area contributed by atoms with Gasteiger partial charge in [-0.1, -0.05) is 36.1 Å². The van der Waals surface area contributed by atoms with E-state index in [1.807, 2.05) is 18.2 Å². The first-order valence-corrected chi connectivity index (χ1v) is 6.26. The summed E-state index contributed by atoms with van der Waals surface area (Å²) < 4.78 is 0. The van der Waals surface area contributed by atoms with Crippen LogP contribution in [-0.2, 0) is 0 Å². The van der Waals surface area contributed by atoms with E-state index >= 15 is 0 Å². The molecule has 3 nitrogen and oxygen atoms in total. The molecule has 0 atom stereocenters. The van der Waals surface area contributed by atoms with Gasteiger partial charge >= 0.3 is 5.97 Å². The van der Waals surface area contributed by atoms with Crippen LogP contribution in [-0.4, -0.2) is 17.4 Å². The zero-order valence-electron chi connectivity index (χ0n) is 11.1. The number of carbonyl (C=O) groups is 2. The summed E-state index contributed by atoms with van der Waals surface area (Å²) in [6.45, 7) is 0. The van der Waals surface area contributed by atoms with Crippen molar-refractivity contribution in [3.05, 3.63) is 76.9 Å². The molecule has 1 N–H and O–H groups in total. The molecule has 0 bridgehead atoms. The Morgan fingerprint density at radius 1 is 0.952 bits per heavy atom. The maximum Gasteiger partial charge on any atom is 0.335 e. The third kappa shape index (κ3) is 4.19. The maximum atomic E-state index is 10.7. The van der Waals surface area contributed by atoms with Crippen LogP contribution in [0.1, 0.15) is 31.8 Å². The van der Waals surface area contributed by atoms with Crippen molar-refractivity contribution >= 4 is 18.3 Å². The van der Waals surface area contributed by atoms with E-state index in [0.29, 0.717) is 5.56 Å². The van der Waals surface area contributed by atoms with Gasteiger partial charge in [0.2, 0.25) is 0 Å². The number of hydrogen-bond acceptors (Lipinski definition) is 2. The van der Waals surface area contributed by atoms with Gasteiger partial charge in [0, 0.05) is 11.1 Å². The second kappa shape index (κ2) is 6.88. The molecule has 3 heteroatoms. The lowest BCUT2D eigenvalue weighted by Gasteiger charge is -1.93. The van der Waals surface area contributed by atoms with Crippen LogP contribution in [0.5, 0.6) is 0 Å². The van der Waals surface area contributed by atoms with Crippen LogP contribution < -0.4 is 0 Å². The summed E-state index contributed by atoms with van der Waals surface area (Å²) >= 11 is 0. The minimum absolute atomic E-state index is 0.242. The second-order valence-electron chi connectivity index (χ2n) is 4.27. The summed E-state index contributed by atoms with van der Waals surface area (Å²) in [6, 6.07) is 13.5. The molecule has 0 aromatic heterocycles. The fraction of sp³-hybridized carbons (Fsp3) is 0. The van der Waals surface area contributed by atoms with Crippen molar-refractivity contribution in [3.8, 4) is 11.8 Å². The molecule has 0 spiro atoms. The van der Waals surface area contributed by atoms with E-state index in [-0.39, 0.29) is 5.56 Å². The number of carboxylic acid groups (broad SMARTS) is 1. The van der Waals surface area contributed by atoms with Crippen molar-refractivity contribution in [1.82, 2.24) is 0 Å². The molecule has 2 rings (SSSR count). The molecule has 2 aromatic rings. The molecule has 0 aliphatic rings. The highest BCUT2D eigenvalue weighted by atomic mass is 16.4. The molecule has 0 saturated carbocycles. The molecule has 0 heterocycles. The Kier molecular flexibility index (Phi) is 4.68. The fourth-order valence-corrected chi connectivity index (χ4v) is 1.64. The topological polar surface area (TPSA) is 54.4 Å². The lowest BCUT2D eigenvalue weighted by molar-refractivity contribution is 0.0696. The first-order chi connectivity index (χ1) is 10.2. The Balaban J connectivity index is 2.03. The summed E-state index contributed by atoms with van der Waals surface area (Å²) in [6.07, 6.45) is 4.35. The average Bonchev–Trinajstić information content (AvgIpc) is 2.52. The molecule has 0 amide bonds. The Hall–Kier alpha value is -3.12. The molecule has 0 radical (unpaired) electrons. The molecule has 0 aliphatic heterocycles. The van der Waals surface area contributed by atoms with Crippen molar-refractivity contribution in [2.45, 2.75) is 0 Å². The predicted molar refractivity (Wildman–Crippen MR) is 81.1 cm³/mol. The van der Waals surface area contributed by atoms with Crippen molar-refractivity contribution in [3.63, 3.8) is 0 Å². The molecule has 0 saturated heterocycles. The van der Waals surface area contributed by atoms with Gasteiger partial charge in [-0.15, -0.1) is 0 Å². The largest absolute Gasteiger partial charge is 0.478 e. The lowest BCUT2D eigenvalue weighted by Crippen LogP contribution is -1.94. The fourth-order valence-electron chi connectivity index (χ4n) is 1.64. The highest BCUT2D eigenvalue weighted by Crippen LogP contribution is 2.05. The standard InChI is InChI=1S/C18H12O3/c19-13-16-7-5-14(6-8-16)3-1-2-4-15-9-11-17(12-10-15)18(20)21/h1,3,5-13H,(H,20,21). The normalized spacial score (nSPS) is 9.90. The molecule has 0 unspecified atom stereocenters. The maximum absolute atomic E-state index is 10.7. The molecular formula is C18H12O3. The third-order valence-electron chi connectivity index (χ3n) is 2.78. The smallest absolute Gasteiger partial charge is 0.335 e. The van der Waals surface area contributed by atoms with Gasteiger partial charge < -0.3 is 5.11 Å². The summed E-state index contributed by atoms with van der Waals surface area (Å²) in [5.74, 6) is 4.85. The SMILES string of the molecule is O=Cc1ccc(C=CC#Cc2ccc(C(=O)O)cc2)cc1. The van der Waals surface area contributed by atoms with Gasteiger partial charge in [0.05, 0.1) is 5.56 Å². The first kappa shape index (κ1) is 14.3. The summed E-state index contributed by atoms with van der Waals surface area (Å²) in [4.78, 5) is 21.2. The van der Waals surface area contributed by atoms with Crippen LogP contribution in [0.25, 0.3) is 6.08 Å².